The second-order valence-corrected chi connectivity index (χ2v) is 6.42. The molecular formula is C9H18OS2. The molecule has 0 radical (unpaired) electrons. The van der Waals surface area contributed by atoms with Gasteiger partial charge in [-0.2, -0.15) is 23.5 Å². The van der Waals surface area contributed by atoms with E-state index in [0.29, 0.717) is 16.4 Å². The van der Waals surface area contributed by atoms with E-state index in [2.05, 4.69) is 20.8 Å². The van der Waals surface area contributed by atoms with Gasteiger partial charge < -0.3 is 5.11 Å². The fourth-order valence-electron chi connectivity index (χ4n) is 1.40. The maximum absolute atomic E-state index is 9.89. The molecule has 0 aromatic rings. The van der Waals surface area contributed by atoms with Crippen molar-refractivity contribution in [2.24, 2.45) is 5.92 Å². The largest absolute Gasteiger partial charge is 0.392 e. The Morgan fingerprint density at radius 2 is 1.83 bits per heavy atom. The first-order valence-corrected chi connectivity index (χ1v) is 6.64. The number of hydrogen-bond donors (Lipinski definition) is 1. The van der Waals surface area contributed by atoms with Crippen molar-refractivity contribution in [3.63, 3.8) is 0 Å². The predicted octanol–water partition coefficient (Wildman–Crippen LogP) is 2.24. The molecule has 1 aliphatic rings. The lowest BCUT2D eigenvalue weighted by molar-refractivity contribution is 0.122. The minimum Gasteiger partial charge on any atom is -0.392 e. The van der Waals surface area contributed by atoms with Crippen LogP contribution in [0.4, 0.5) is 0 Å². The highest BCUT2D eigenvalue weighted by Crippen LogP contribution is 2.34. The topological polar surface area (TPSA) is 20.2 Å². The van der Waals surface area contributed by atoms with Gasteiger partial charge in [0, 0.05) is 22.0 Å². The molecule has 3 heteroatoms. The average molecular weight is 206 g/mol. The lowest BCUT2D eigenvalue weighted by atomic mass is 10.0. The third kappa shape index (κ3) is 2.57. The summed E-state index contributed by atoms with van der Waals surface area (Å²) in [4.78, 5) is 0. The van der Waals surface area contributed by atoms with Crippen LogP contribution >= 0.6 is 23.5 Å². The van der Waals surface area contributed by atoms with Crippen LogP contribution in [0.1, 0.15) is 20.8 Å². The lowest BCUT2D eigenvalue weighted by Gasteiger charge is -2.33. The predicted molar refractivity (Wildman–Crippen MR) is 59.0 cm³/mol. The van der Waals surface area contributed by atoms with Crippen molar-refractivity contribution < 1.29 is 5.11 Å². The van der Waals surface area contributed by atoms with Gasteiger partial charge in [-0.3, -0.25) is 0 Å². The minimum atomic E-state index is -0.127. The van der Waals surface area contributed by atoms with Gasteiger partial charge in [0.15, 0.2) is 0 Å². The molecule has 1 saturated heterocycles. The van der Waals surface area contributed by atoms with Gasteiger partial charge in [0.25, 0.3) is 0 Å². The molecule has 0 spiro atoms. The van der Waals surface area contributed by atoms with Crippen molar-refractivity contribution >= 4 is 23.5 Å². The zero-order valence-electron chi connectivity index (χ0n) is 7.99. The van der Waals surface area contributed by atoms with Crippen molar-refractivity contribution in [1.82, 2.24) is 0 Å². The summed E-state index contributed by atoms with van der Waals surface area (Å²) in [5, 5.41) is 10.9. The molecule has 0 aromatic heterocycles. The van der Waals surface area contributed by atoms with Gasteiger partial charge in [-0.15, -0.1) is 0 Å². The SMILES string of the molecule is CC(C)C(O)C1SCCSC1C. The zero-order chi connectivity index (χ0) is 9.14. The van der Waals surface area contributed by atoms with Gasteiger partial charge >= 0.3 is 0 Å². The van der Waals surface area contributed by atoms with Gasteiger partial charge in [0.05, 0.1) is 6.10 Å². The second kappa shape index (κ2) is 4.77. The Hall–Kier alpha value is 0.660. The molecule has 1 aliphatic heterocycles. The van der Waals surface area contributed by atoms with E-state index in [4.69, 9.17) is 0 Å². The van der Waals surface area contributed by atoms with Crippen LogP contribution in [0.25, 0.3) is 0 Å². The van der Waals surface area contributed by atoms with Crippen molar-refractivity contribution in [3.8, 4) is 0 Å². The first-order chi connectivity index (χ1) is 5.63. The Morgan fingerprint density at radius 1 is 1.25 bits per heavy atom. The standard InChI is InChI=1S/C9H18OS2/c1-6(2)8(10)9-7(3)11-4-5-12-9/h6-10H,4-5H2,1-3H3. The van der Waals surface area contributed by atoms with Crippen molar-refractivity contribution in [3.05, 3.63) is 0 Å². The van der Waals surface area contributed by atoms with Crippen LogP contribution in [-0.2, 0) is 0 Å². The third-order valence-electron chi connectivity index (χ3n) is 2.26. The molecule has 3 atom stereocenters. The molecule has 1 rings (SSSR count). The second-order valence-electron chi connectivity index (χ2n) is 3.65. The molecule has 0 saturated carbocycles. The highest BCUT2D eigenvalue weighted by Gasteiger charge is 2.30. The Bertz CT molecular complexity index is 138. The number of aliphatic hydroxyl groups is 1. The van der Waals surface area contributed by atoms with Crippen LogP contribution in [0.15, 0.2) is 0 Å². The molecule has 1 N–H and O–H groups in total. The molecule has 3 unspecified atom stereocenters. The van der Waals surface area contributed by atoms with E-state index in [1.165, 1.54) is 11.5 Å². The smallest absolute Gasteiger partial charge is 0.0692 e. The molecule has 0 aromatic carbocycles. The van der Waals surface area contributed by atoms with Crippen molar-refractivity contribution in [1.29, 1.82) is 0 Å². The van der Waals surface area contributed by atoms with E-state index >= 15 is 0 Å². The minimum absolute atomic E-state index is 0.127. The van der Waals surface area contributed by atoms with E-state index in [1.807, 2.05) is 23.5 Å². The molecule has 72 valence electrons. The Balaban J connectivity index is 2.47. The Morgan fingerprint density at radius 3 is 2.33 bits per heavy atom. The number of aliphatic hydroxyl groups excluding tert-OH is 1. The fourth-order valence-corrected chi connectivity index (χ4v) is 4.42. The molecular weight excluding hydrogens is 188 g/mol. The quantitative estimate of drug-likeness (QED) is 0.748. The summed E-state index contributed by atoms with van der Waals surface area (Å²) in [7, 11) is 0. The first kappa shape index (κ1) is 10.7. The van der Waals surface area contributed by atoms with E-state index in [-0.39, 0.29) is 6.10 Å². The molecule has 0 amide bonds. The highest BCUT2D eigenvalue weighted by atomic mass is 32.2. The summed E-state index contributed by atoms with van der Waals surface area (Å²) in [5.74, 6) is 2.83. The molecule has 12 heavy (non-hydrogen) atoms. The normalized spacial score (nSPS) is 33.8. The van der Waals surface area contributed by atoms with E-state index in [1.54, 1.807) is 0 Å². The summed E-state index contributed by atoms with van der Waals surface area (Å²) < 4.78 is 0. The van der Waals surface area contributed by atoms with Gasteiger partial charge in [-0.05, 0) is 5.92 Å². The summed E-state index contributed by atoms with van der Waals surface area (Å²) in [6, 6.07) is 0. The van der Waals surface area contributed by atoms with Gasteiger partial charge in [0.1, 0.15) is 0 Å². The molecule has 1 fully saturated rings. The molecule has 0 aliphatic carbocycles. The Labute approximate surface area is 83.7 Å². The van der Waals surface area contributed by atoms with E-state index < -0.39 is 0 Å². The zero-order valence-corrected chi connectivity index (χ0v) is 9.62. The van der Waals surface area contributed by atoms with Crippen LogP contribution in [0.5, 0.6) is 0 Å². The fraction of sp³-hybridized carbons (Fsp3) is 1.00. The first-order valence-electron chi connectivity index (χ1n) is 4.54. The summed E-state index contributed by atoms with van der Waals surface area (Å²) in [6.07, 6.45) is -0.127. The summed E-state index contributed by atoms with van der Waals surface area (Å²) in [5.41, 5.74) is 0. The summed E-state index contributed by atoms with van der Waals surface area (Å²) in [6.45, 7) is 6.42. The van der Waals surface area contributed by atoms with E-state index in [9.17, 15) is 5.11 Å². The van der Waals surface area contributed by atoms with Gasteiger partial charge in [0.2, 0.25) is 0 Å². The third-order valence-corrected chi connectivity index (χ3v) is 5.46. The number of rotatable bonds is 2. The van der Waals surface area contributed by atoms with Crippen LogP contribution in [0, 0.1) is 5.92 Å². The van der Waals surface area contributed by atoms with Crippen LogP contribution < -0.4 is 0 Å². The van der Waals surface area contributed by atoms with Crippen molar-refractivity contribution in [2.45, 2.75) is 37.4 Å². The molecule has 1 nitrogen and oxygen atoms in total. The van der Waals surface area contributed by atoms with Crippen LogP contribution in [0.3, 0.4) is 0 Å². The van der Waals surface area contributed by atoms with Crippen LogP contribution in [0.2, 0.25) is 0 Å². The maximum atomic E-state index is 9.89. The molecule has 0 bridgehead atoms. The lowest BCUT2D eigenvalue weighted by Crippen LogP contribution is -2.37. The highest BCUT2D eigenvalue weighted by molar-refractivity contribution is 8.07. The van der Waals surface area contributed by atoms with E-state index in [0.717, 1.165) is 0 Å². The summed E-state index contributed by atoms with van der Waals surface area (Å²) >= 11 is 3.93. The van der Waals surface area contributed by atoms with Gasteiger partial charge in [-0.1, -0.05) is 20.8 Å². The maximum Gasteiger partial charge on any atom is 0.0692 e. The average Bonchev–Trinajstić information content (AvgIpc) is 2.04. The molecule has 1 heterocycles. The van der Waals surface area contributed by atoms with Crippen molar-refractivity contribution in [2.75, 3.05) is 11.5 Å². The monoisotopic (exact) mass is 206 g/mol. The van der Waals surface area contributed by atoms with Gasteiger partial charge in [-0.25, -0.2) is 0 Å². The number of thioether (sulfide) groups is 2. The Kier molecular flexibility index (Phi) is 4.27. The van der Waals surface area contributed by atoms with Crippen LogP contribution in [-0.4, -0.2) is 33.2 Å². The number of hydrogen-bond acceptors (Lipinski definition) is 3.